The van der Waals surface area contributed by atoms with Crippen LogP contribution in [0.2, 0.25) is 0 Å². The molecule has 0 saturated carbocycles. The number of benzene rings is 2. The minimum Gasteiger partial charge on any atom is -0.298 e. The molecule has 134 valence electrons. The smallest absolute Gasteiger partial charge is 0.298 e. The summed E-state index contributed by atoms with van der Waals surface area (Å²) in [5.41, 5.74) is 0.322. The van der Waals surface area contributed by atoms with Crippen molar-refractivity contribution in [1.82, 2.24) is 0 Å². The summed E-state index contributed by atoms with van der Waals surface area (Å²) in [4.78, 5) is 10.8. The summed E-state index contributed by atoms with van der Waals surface area (Å²) in [7, 11) is 0. The van der Waals surface area contributed by atoms with Crippen molar-refractivity contribution in [2.24, 2.45) is 0 Å². The molecule has 0 unspecified atom stereocenters. The largest absolute Gasteiger partial charge is 0.417 e. The fourth-order valence-corrected chi connectivity index (χ4v) is 3.47. The summed E-state index contributed by atoms with van der Waals surface area (Å²) in [6, 6.07) is 9.99. The van der Waals surface area contributed by atoms with Gasteiger partial charge in [0.1, 0.15) is 12.1 Å². The number of unbranched alkanes of at least 4 members (excludes halogenated alkanes) is 2. The van der Waals surface area contributed by atoms with Gasteiger partial charge >= 0.3 is 6.18 Å². The van der Waals surface area contributed by atoms with E-state index in [0.29, 0.717) is 12.0 Å². The zero-order valence-electron chi connectivity index (χ0n) is 13.5. The Morgan fingerprint density at radius 2 is 1.68 bits per heavy atom. The monoisotopic (exact) mass is 370 g/mol. The SMILES string of the molecule is O=Cc1ccc(SCCCCCc2ccc(F)cc2)c(C(F)(F)F)c1. The lowest BCUT2D eigenvalue weighted by Crippen LogP contribution is -2.07. The third-order valence-electron chi connectivity index (χ3n) is 3.73. The van der Waals surface area contributed by atoms with E-state index in [1.807, 2.05) is 0 Å². The lowest BCUT2D eigenvalue weighted by Gasteiger charge is -2.13. The third-order valence-corrected chi connectivity index (χ3v) is 4.89. The highest BCUT2D eigenvalue weighted by Gasteiger charge is 2.33. The molecular weight excluding hydrogens is 352 g/mol. The Balaban J connectivity index is 1.79. The van der Waals surface area contributed by atoms with Gasteiger partial charge in [-0.15, -0.1) is 11.8 Å². The first-order valence-corrected chi connectivity index (χ1v) is 8.92. The van der Waals surface area contributed by atoms with Gasteiger partial charge in [-0.2, -0.15) is 13.2 Å². The van der Waals surface area contributed by atoms with Gasteiger partial charge < -0.3 is 0 Å². The number of aryl methyl sites for hydroxylation is 1. The maximum atomic E-state index is 13.1. The van der Waals surface area contributed by atoms with Crippen molar-refractivity contribution >= 4 is 18.0 Å². The second-order valence-electron chi connectivity index (χ2n) is 5.66. The number of carbonyl (C=O) groups excluding carboxylic acids is 1. The zero-order valence-corrected chi connectivity index (χ0v) is 14.3. The quantitative estimate of drug-likeness (QED) is 0.239. The third kappa shape index (κ3) is 6.20. The molecule has 0 aliphatic carbocycles. The van der Waals surface area contributed by atoms with Gasteiger partial charge in [-0.1, -0.05) is 24.6 Å². The lowest BCUT2D eigenvalue weighted by atomic mass is 10.1. The summed E-state index contributed by atoms with van der Waals surface area (Å²) in [6.07, 6.45) is -0.644. The molecule has 0 atom stereocenters. The van der Waals surface area contributed by atoms with Crippen molar-refractivity contribution in [3.63, 3.8) is 0 Å². The van der Waals surface area contributed by atoms with Crippen LogP contribution in [0.4, 0.5) is 17.6 Å². The molecule has 0 N–H and O–H groups in total. The van der Waals surface area contributed by atoms with Gasteiger partial charge in [0.05, 0.1) is 5.56 Å². The summed E-state index contributed by atoms with van der Waals surface area (Å²) in [5, 5.41) is 0. The van der Waals surface area contributed by atoms with Gasteiger partial charge in [0.15, 0.2) is 0 Å². The van der Waals surface area contributed by atoms with Crippen LogP contribution in [0.5, 0.6) is 0 Å². The number of halogens is 4. The van der Waals surface area contributed by atoms with Gasteiger partial charge in [0, 0.05) is 10.5 Å². The van der Waals surface area contributed by atoms with E-state index in [1.165, 1.54) is 24.3 Å². The molecule has 0 heterocycles. The average Bonchev–Trinajstić information content (AvgIpc) is 2.58. The van der Waals surface area contributed by atoms with E-state index < -0.39 is 11.7 Å². The molecule has 2 aromatic carbocycles. The minimum atomic E-state index is -4.47. The Bertz CT molecular complexity index is 696. The van der Waals surface area contributed by atoms with Crippen LogP contribution in [0.1, 0.15) is 40.7 Å². The number of hydrogen-bond acceptors (Lipinski definition) is 2. The number of rotatable bonds is 8. The van der Waals surface area contributed by atoms with Gasteiger partial charge in [0.25, 0.3) is 0 Å². The van der Waals surface area contributed by atoms with Crippen molar-refractivity contribution in [3.8, 4) is 0 Å². The molecule has 0 aliphatic heterocycles. The molecule has 0 spiro atoms. The van der Waals surface area contributed by atoms with E-state index in [9.17, 15) is 22.4 Å². The van der Waals surface area contributed by atoms with E-state index in [4.69, 9.17) is 0 Å². The maximum absolute atomic E-state index is 13.1. The molecule has 6 heteroatoms. The highest BCUT2D eigenvalue weighted by atomic mass is 32.2. The molecule has 25 heavy (non-hydrogen) atoms. The summed E-state index contributed by atoms with van der Waals surface area (Å²) in [5.74, 6) is 0.314. The first-order chi connectivity index (χ1) is 11.9. The average molecular weight is 370 g/mol. The minimum absolute atomic E-state index is 0.0240. The molecule has 0 saturated heterocycles. The molecule has 0 radical (unpaired) electrons. The van der Waals surface area contributed by atoms with Crippen molar-refractivity contribution in [2.75, 3.05) is 5.75 Å². The van der Waals surface area contributed by atoms with Gasteiger partial charge in [-0.3, -0.25) is 4.79 Å². The van der Waals surface area contributed by atoms with Crippen LogP contribution in [-0.2, 0) is 12.6 Å². The van der Waals surface area contributed by atoms with Crippen LogP contribution in [0.3, 0.4) is 0 Å². The number of aldehydes is 1. The van der Waals surface area contributed by atoms with Crippen LogP contribution in [0.25, 0.3) is 0 Å². The highest BCUT2D eigenvalue weighted by Crippen LogP contribution is 2.37. The van der Waals surface area contributed by atoms with Crippen LogP contribution in [0.15, 0.2) is 47.4 Å². The summed E-state index contributed by atoms with van der Waals surface area (Å²) >= 11 is 1.16. The summed E-state index contributed by atoms with van der Waals surface area (Å²) in [6.45, 7) is 0. The fraction of sp³-hybridized carbons (Fsp3) is 0.316. The molecule has 1 nitrogen and oxygen atoms in total. The van der Waals surface area contributed by atoms with Crippen LogP contribution in [-0.4, -0.2) is 12.0 Å². The predicted molar refractivity (Wildman–Crippen MR) is 91.5 cm³/mol. The topological polar surface area (TPSA) is 17.1 Å². The van der Waals surface area contributed by atoms with E-state index in [0.717, 1.165) is 49.1 Å². The van der Waals surface area contributed by atoms with Gasteiger partial charge in [0.2, 0.25) is 0 Å². The molecule has 0 bridgehead atoms. The molecule has 2 aromatic rings. The van der Waals surface area contributed by atoms with Gasteiger partial charge in [-0.25, -0.2) is 4.39 Å². The molecule has 0 amide bonds. The highest BCUT2D eigenvalue weighted by molar-refractivity contribution is 7.99. The molecular formula is C19H18F4OS. The second-order valence-corrected chi connectivity index (χ2v) is 6.79. The van der Waals surface area contributed by atoms with E-state index in [1.54, 1.807) is 12.1 Å². The van der Waals surface area contributed by atoms with Crippen molar-refractivity contribution in [2.45, 2.75) is 36.8 Å². The number of carbonyl (C=O) groups is 1. The predicted octanol–water partition coefficient (Wildman–Crippen LogP) is 6.16. The Morgan fingerprint density at radius 3 is 2.32 bits per heavy atom. The first kappa shape index (κ1) is 19.5. The Labute approximate surface area is 148 Å². The number of alkyl halides is 3. The Kier molecular flexibility index (Phi) is 7.05. The molecule has 0 aliphatic rings. The number of hydrogen-bond donors (Lipinski definition) is 0. The Hall–Kier alpha value is -1.82. The standard InChI is InChI=1S/C19H18F4OS/c20-16-8-5-14(6-9-16)4-2-1-3-11-25-18-10-7-15(13-24)12-17(18)19(21,22)23/h5-10,12-13H,1-4,11H2. The molecule has 2 rings (SSSR count). The molecule has 0 fully saturated rings. The van der Waals surface area contributed by atoms with Crippen LogP contribution >= 0.6 is 11.8 Å². The van der Waals surface area contributed by atoms with E-state index in [2.05, 4.69) is 0 Å². The van der Waals surface area contributed by atoms with E-state index >= 15 is 0 Å². The fourth-order valence-electron chi connectivity index (χ4n) is 2.41. The lowest BCUT2D eigenvalue weighted by molar-refractivity contribution is -0.139. The summed E-state index contributed by atoms with van der Waals surface area (Å²) < 4.78 is 52.0. The second kappa shape index (κ2) is 9.04. The van der Waals surface area contributed by atoms with Crippen molar-refractivity contribution < 1.29 is 22.4 Å². The molecule has 0 aromatic heterocycles. The Morgan fingerprint density at radius 1 is 0.960 bits per heavy atom. The normalized spacial score (nSPS) is 11.5. The van der Waals surface area contributed by atoms with Crippen molar-refractivity contribution in [3.05, 3.63) is 65.0 Å². The number of thioether (sulfide) groups is 1. The van der Waals surface area contributed by atoms with Crippen LogP contribution < -0.4 is 0 Å². The van der Waals surface area contributed by atoms with Crippen LogP contribution in [0, 0.1) is 5.82 Å². The first-order valence-electron chi connectivity index (χ1n) is 7.94. The van der Waals surface area contributed by atoms with Gasteiger partial charge in [-0.05, 0) is 54.8 Å². The maximum Gasteiger partial charge on any atom is 0.417 e. The van der Waals surface area contributed by atoms with E-state index in [-0.39, 0.29) is 16.3 Å². The van der Waals surface area contributed by atoms with Crippen molar-refractivity contribution in [1.29, 1.82) is 0 Å². The zero-order chi connectivity index (χ0) is 18.3.